The summed E-state index contributed by atoms with van der Waals surface area (Å²) in [6.45, 7) is 11.5. The number of piperazine rings is 1. The summed E-state index contributed by atoms with van der Waals surface area (Å²) in [5, 5.41) is 0. The Kier molecular flexibility index (Phi) is 5.48. The van der Waals surface area contributed by atoms with Crippen LogP contribution in [0, 0.1) is 13.8 Å². The van der Waals surface area contributed by atoms with Crippen LogP contribution in [0.4, 0.5) is 10.5 Å². The van der Waals surface area contributed by atoms with Crippen molar-refractivity contribution in [1.82, 2.24) is 9.80 Å². The van der Waals surface area contributed by atoms with Crippen molar-refractivity contribution in [2.24, 2.45) is 0 Å². The third kappa shape index (κ3) is 4.19. The van der Waals surface area contributed by atoms with Crippen LogP contribution in [-0.4, -0.2) is 65.5 Å². The molecule has 0 saturated carbocycles. The lowest BCUT2D eigenvalue weighted by Gasteiger charge is -2.37. The van der Waals surface area contributed by atoms with Crippen molar-refractivity contribution in [3.63, 3.8) is 0 Å². The highest BCUT2D eigenvalue weighted by molar-refractivity contribution is 6.22. The Hall–Kier alpha value is -2.41. The maximum atomic E-state index is 13.0. The van der Waals surface area contributed by atoms with Gasteiger partial charge in [0, 0.05) is 26.2 Å². The molecule has 0 unspecified atom stereocenters. The van der Waals surface area contributed by atoms with Gasteiger partial charge in [-0.25, -0.2) is 9.69 Å². The quantitative estimate of drug-likeness (QED) is 0.729. The van der Waals surface area contributed by atoms with E-state index in [0.717, 1.165) is 11.1 Å². The summed E-state index contributed by atoms with van der Waals surface area (Å²) in [4.78, 5) is 42.7. The molecule has 28 heavy (non-hydrogen) atoms. The van der Waals surface area contributed by atoms with Crippen LogP contribution in [0.5, 0.6) is 0 Å². The molecule has 2 saturated heterocycles. The minimum absolute atomic E-state index is 0.173. The van der Waals surface area contributed by atoms with Crippen LogP contribution in [0.2, 0.25) is 0 Å². The second-order valence-corrected chi connectivity index (χ2v) is 8.56. The Balaban J connectivity index is 1.64. The molecule has 0 N–H and O–H groups in total. The molecule has 0 aromatic heterocycles. The lowest BCUT2D eigenvalue weighted by molar-refractivity contribution is -0.123. The molecule has 2 aliphatic rings. The molecule has 0 aliphatic carbocycles. The summed E-state index contributed by atoms with van der Waals surface area (Å²) in [6, 6.07) is 5.17. The molecule has 2 fully saturated rings. The highest BCUT2D eigenvalue weighted by Gasteiger charge is 2.43. The summed E-state index contributed by atoms with van der Waals surface area (Å²) >= 11 is 0. The van der Waals surface area contributed by atoms with Crippen LogP contribution in [0.3, 0.4) is 0 Å². The molecule has 1 aromatic rings. The third-order valence-corrected chi connectivity index (χ3v) is 5.28. The van der Waals surface area contributed by atoms with E-state index >= 15 is 0 Å². The molecule has 1 atom stereocenters. The number of rotatable bonds is 2. The first-order valence-electron chi connectivity index (χ1n) is 9.73. The Morgan fingerprint density at radius 3 is 2.25 bits per heavy atom. The molecule has 2 heterocycles. The van der Waals surface area contributed by atoms with E-state index in [1.54, 1.807) is 4.90 Å². The molecule has 2 aliphatic heterocycles. The van der Waals surface area contributed by atoms with Crippen LogP contribution in [0.1, 0.15) is 38.3 Å². The second-order valence-electron chi connectivity index (χ2n) is 8.56. The van der Waals surface area contributed by atoms with Crippen molar-refractivity contribution < 1.29 is 19.1 Å². The molecule has 3 amide bonds. The minimum atomic E-state index is -0.533. The molecule has 0 radical (unpaired) electrons. The molecule has 7 nitrogen and oxygen atoms in total. The summed E-state index contributed by atoms with van der Waals surface area (Å²) in [6.07, 6.45) is -0.157. The van der Waals surface area contributed by atoms with Gasteiger partial charge in [-0.15, -0.1) is 0 Å². The van der Waals surface area contributed by atoms with Gasteiger partial charge in [0.2, 0.25) is 5.91 Å². The summed E-state index contributed by atoms with van der Waals surface area (Å²) in [7, 11) is 0. The minimum Gasteiger partial charge on any atom is -0.444 e. The maximum absolute atomic E-state index is 13.0. The van der Waals surface area contributed by atoms with Gasteiger partial charge < -0.3 is 9.64 Å². The van der Waals surface area contributed by atoms with E-state index in [4.69, 9.17) is 4.74 Å². The summed E-state index contributed by atoms with van der Waals surface area (Å²) in [5.74, 6) is -0.355. The molecular weight excluding hydrogens is 358 g/mol. The monoisotopic (exact) mass is 387 g/mol. The van der Waals surface area contributed by atoms with Crippen molar-refractivity contribution in [3.8, 4) is 0 Å². The molecule has 152 valence electrons. The van der Waals surface area contributed by atoms with E-state index in [1.807, 2.05) is 57.7 Å². The van der Waals surface area contributed by atoms with Gasteiger partial charge in [-0.3, -0.25) is 14.5 Å². The van der Waals surface area contributed by atoms with Crippen LogP contribution in [0.25, 0.3) is 0 Å². The van der Waals surface area contributed by atoms with E-state index in [2.05, 4.69) is 0 Å². The normalized spacial score (nSPS) is 21.4. The Labute approximate surface area is 166 Å². The highest BCUT2D eigenvalue weighted by Crippen LogP contribution is 2.28. The van der Waals surface area contributed by atoms with Gasteiger partial charge in [0.25, 0.3) is 5.91 Å². The van der Waals surface area contributed by atoms with Crippen molar-refractivity contribution in [1.29, 1.82) is 0 Å². The number of hydrogen-bond acceptors (Lipinski definition) is 5. The molecule has 3 rings (SSSR count). The highest BCUT2D eigenvalue weighted by atomic mass is 16.6. The van der Waals surface area contributed by atoms with Crippen LogP contribution < -0.4 is 4.90 Å². The van der Waals surface area contributed by atoms with Gasteiger partial charge in [0.05, 0.1) is 18.2 Å². The smallest absolute Gasteiger partial charge is 0.410 e. The maximum Gasteiger partial charge on any atom is 0.410 e. The number of amides is 3. The predicted molar refractivity (Wildman–Crippen MR) is 106 cm³/mol. The predicted octanol–water partition coefficient (Wildman–Crippen LogP) is 2.49. The summed E-state index contributed by atoms with van der Waals surface area (Å²) in [5.41, 5.74) is 2.27. The van der Waals surface area contributed by atoms with Crippen LogP contribution in [0.15, 0.2) is 18.2 Å². The van der Waals surface area contributed by atoms with Gasteiger partial charge in [-0.05, 0) is 57.9 Å². The topological polar surface area (TPSA) is 70.2 Å². The Morgan fingerprint density at radius 1 is 1.04 bits per heavy atom. The van der Waals surface area contributed by atoms with Gasteiger partial charge in [-0.2, -0.15) is 0 Å². The number of anilines is 1. The summed E-state index contributed by atoms with van der Waals surface area (Å²) < 4.78 is 5.41. The zero-order valence-corrected chi connectivity index (χ0v) is 17.3. The second kappa shape index (κ2) is 7.54. The van der Waals surface area contributed by atoms with Crippen molar-refractivity contribution in [3.05, 3.63) is 29.3 Å². The van der Waals surface area contributed by atoms with Gasteiger partial charge in [0.15, 0.2) is 0 Å². The van der Waals surface area contributed by atoms with Gasteiger partial charge in [-0.1, -0.05) is 6.07 Å². The SMILES string of the molecule is Cc1ccc(N2C(=O)C[C@H](N3CCN(C(=O)OC(C)(C)C)CC3)C2=O)cc1C. The molecular formula is C21H29N3O4. The molecule has 0 spiro atoms. The van der Waals surface area contributed by atoms with Crippen LogP contribution >= 0.6 is 0 Å². The molecule has 1 aromatic carbocycles. The van der Waals surface area contributed by atoms with Crippen molar-refractivity contribution in [2.45, 2.75) is 52.7 Å². The zero-order valence-electron chi connectivity index (χ0n) is 17.3. The average molecular weight is 387 g/mol. The first kappa shape index (κ1) is 20.3. The molecule has 7 heteroatoms. The third-order valence-electron chi connectivity index (χ3n) is 5.28. The van der Waals surface area contributed by atoms with E-state index in [-0.39, 0.29) is 24.3 Å². The fourth-order valence-corrected chi connectivity index (χ4v) is 3.58. The fraction of sp³-hybridized carbons (Fsp3) is 0.571. The Morgan fingerprint density at radius 2 is 1.68 bits per heavy atom. The first-order valence-corrected chi connectivity index (χ1v) is 9.73. The standard InChI is InChI=1S/C21H29N3O4/c1-14-6-7-16(12-15(14)2)24-18(25)13-17(19(24)26)22-8-10-23(11-9-22)20(27)28-21(3,4)5/h6-7,12,17H,8-11,13H2,1-5H3/t17-/m0/s1. The fourth-order valence-electron chi connectivity index (χ4n) is 3.58. The molecule has 0 bridgehead atoms. The number of carbonyl (C=O) groups is 3. The number of carbonyl (C=O) groups excluding carboxylic acids is 3. The number of nitrogens with zero attached hydrogens (tertiary/aromatic N) is 3. The van der Waals surface area contributed by atoms with Gasteiger partial charge in [0.1, 0.15) is 5.60 Å². The zero-order chi connectivity index (χ0) is 20.6. The van der Waals surface area contributed by atoms with Crippen LogP contribution in [-0.2, 0) is 14.3 Å². The largest absolute Gasteiger partial charge is 0.444 e. The van der Waals surface area contributed by atoms with Crippen molar-refractivity contribution in [2.75, 3.05) is 31.1 Å². The number of imide groups is 1. The van der Waals surface area contributed by atoms with E-state index in [9.17, 15) is 14.4 Å². The van der Waals surface area contributed by atoms with Gasteiger partial charge >= 0.3 is 6.09 Å². The number of aryl methyl sites for hydroxylation is 2. The van der Waals surface area contributed by atoms with E-state index in [0.29, 0.717) is 31.9 Å². The lowest BCUT2D eigenvalue weighted by Crippen LogP contribution is -2.54. The van der Waals surface area contributed by atoms with E-state index < -0.39 is 11.6 Å². The lowest BCUT2D eigenvalue weighted by atomic mass is 10.1. The Bertz CT molecular complexity index is 791. The van der Waals surface area contributed by atoms with Crippen molar-refractivity contribution >= 4 is 23.6 Å². The number of hydrogen-bond donors (Lipinski definition) is 0. The number of benzene rings is 1. The number of ether oxygens (including phenoxy) is 1. The first-order chi connectivity index (χ1) is 13.1. The van der Waals surface area contributed by atoms with E-state index in [1.165, 1.54) is 4.90 Å². The average Bonchev–Trinajstić information content (AvgIpc) is 2.90.